The van der Waals surface area contributed by atoms with Gasteiger partial charge in [-0.3, -0.25) is 4.99 Å². The molecule has 0 bridgehead atoms. The second kappa shape index (κ2) is 11.8. The van der Waals surface area contributed by atoms with Gasteiger partial charge in [0.15, 0.2) is 5.96 Å². The van der Waals surface area contributed by atoms with E-state index in [9.17, 15) is 13.2 Å². The Morgan fingerprint density at radius 3 is 2.52 bits per heavy atom. The molecule has 1 aliphatic heterocycles. The number of alkyl halides is 3. The molecular weight excluding hydrogens is 498 g/mol. The number of halogens is 4. The van der Waals surface area contributed by atoms with Crippen molar-refractivity contribution in [1.29, 1.82) is 0 Å². The van der Waals surface area contributed by atoms with E-state index in [1.54, 1.807) is 7.11 Å². The highest BCUT2D eigenvalue weighted by atomic mass is 127. The summed E-state index contributed by atoms with van der Waals surface area (Å²) >= 11 is 0. The van der Waals surface area contributed by atoms with Crippen molar-refractivity contribution in [2.75, 3.05) is 40.0 Å². The Balaban J connectivity index is 0.00000420. The minimum absolute atomic E-state index is 0. The van der Waals surface area contributed by atoms with E-state index in [1.165, 1.54) is 0 Å². The number of nitrogens with one attached hydrogen (secondary N) is 2. The van der Waals surface area contributed by atoms with E-state index >= 15 is 0 Å². The molecule has 5 nitrogen and oxygen atoms in total. The summed E-state index contributed by atoms with van der Waals surface area (Å²) in [5.41, 5.74) is 1.93. The maximum atomic E-state index is 12.4. The molecule has 0 aromatic heterocycles. The quantitative estimate of drug-likeness (QED) is 0.316. The first kappa shape index (κ1) is 25.8. The highest BCUT2D eigenvalue weighted by Gasteiger charge is 2.37. The third-order valence-corrected chi connectivity index (χ3v) is 4.96. The van der Waals surface area contributed by atoms with Crippen LogP contribution in [0.1, 0.15) is 37.3 Å². The average Bonchev–Trinajstić information content (AvgIpc) is 2.66. The van der Waals surface area contributed by atoms with Crippen LogP contribution in [0.5, 0.6) is 5.75 Å². The molecule has 9 heteroatoms. The average molecular weight is 529 g/mol. The van der Waals surface area contributed by atoms with Crippen LogP contribution in [0.2, 0.25) is 0 Å². The topological polar surface area (TPSA) is 54.9 Å². The lowest BCUT2D eigenvalue weighted by Crippen LogP contribution is -2.42. The summed E-state index contributed by atoms with van der Waals surface area (Å²) in [6, 6.07) is 6.07. The summed E-state index contributed by atoms with van der Waals surface area (Å²) in [5, 5.41) is 5.81. The van der Waals surface area contributed by atoms with Gasteiger partial charge in [-0.2, -0.15) is 13.2 Å². The Bertz CT molecular complexity index is 663. The standard InChI is InChI=1S/C20H30F3N3O2.HI/c1-4-24-18(25-10-7-20(21,22)23)26-14-19(8-11-28-12-9-19)16-13-15(2)5-6-17(16)27-3;/h5-6,13H,4,7-12,14H2,1-3H3,(H2,24,25,26);1H. The molecule has 0 spiro atoms. The van der Waals surface area contributed by atoms with Gasteiger partial charge in [-0.15, -0.1) is 24.0 Å². The summed E-state index contributed by atoms with van der Waals surface area (Å²) in [5.74, 6) is 1.20. The van der Waals surface area contributed by atoms with Gasteiger partial charge < -0.3 is 20.1 Å². The van der Waals surface area contributed by atoms with Crippen molar-refractivity contribution in [2.45, 2.75) is 44.7 Å². The van der Waals surface area contributed by atoms with Crippen molar-refractivity contribution in [3.63, 3.8) is 0 Å². The molecule has 1 saturated heterocycles. The van der Waals surface area contributed by atoms with E-state index in [0.29, 0.717) is 32.3 Å². The maximum absolute atomic E-state index is 12.4. The summed E-state index contributed by atoms with van der Waals surface area (Å²) in [6.07, 6.45) is -3.54. The molecule has 29 heavy (non-hydrogen) atoms. The summed E-state index contributed by atoms with van der Waals surface area (Å²) in [4.78, 5) is 4.63. The van der Waals surface area contributed by atoms with Gasteiger partial charge in [0.25, 0.3) is 0 Å². The number of hydrogen-bond donors (Lipinski definition) is 2. The molecule has 1 heterocycles. The summed E-state index contributed by atoms with van der Waals surface area (Å²) < 4.78 is 48.5. The Labute approximate surface area is 187 Å². The highest BCUT2D eigenvalue weighted by molar-refractivity contribution is 14.0. The van der Waals surface area contributed by atoms with E-state index in [0.717, 1.165) is 29.7 Å². The van der Waals surface area contributed by atoms with Crippen molar-refractivity contribution >= 4 is 29.9 Å². The van der Waals surface area contributed by atoms with E-state index in [1.807, 2.05) is 26.0 Å². The first-order valence-electron chi connectivity index (χ1n) is 9.61. The van der Waals surface area contributed by atoms with Crippen LogP contribution in [0.25, 0.3) is 0 Å². The molecule has 0 radical (unpaired) electrons. The molecule has 0 unspecified atom stereocenters. The lowest BCUT2D eigenvalue weighted by molar-refractivity contribution is -0.132. The Kier molecular flexibility index (Phi) is 10.5. The second-order valence-electron chi connectivity index (χ2n) is 7.08. The van der Waals surface area contributed by atoms with Gasteiger partial charge in [0, 0.05) is 37.3 Å². The fourth-order valence-corrected chi connectivity index (χ4v) is 3.41. The zero-order valence-electron chi connectivity index (χ0n) is 17.2. The van der Waals surface area contributed by atoms with Crippen molar-refractivity contribution < 1.29 is 22.6 Å². The fraction of sp³-hybridized carbons (Fsp3) is 0.650. The van der Waals surface area contributed by atoms with Crippen LogP contribution in [0.4, 0.5) is 13.2 Å². The first-order valence-corrected chi connectivity index (χ1v) is 9.61. The third-order valence-electron chi connectivity index (χ3n) is 4.96. The van der Waals surface area contributed by atoms with Crippen LogP contribution in [0, 0.1) is 6.92 Å². The molecule has 0 amide bonds. The Morgan fingerprint density at radius 1 is 1.24 bits per heavy atom. The minimum atomic E-state index is -4.19. The van der Waals surface area contributed by atoms with E-state index in [4.69, 9.17) is 9.47 Å². The molecule has 0 aliphatic carbocycles. The van der Waals surface area contributed by atoms with E-state index < -0.39 is 12.6 Å². The van der Waals surface area contributed by atoms with E-state index in [2.05, 4.69) is 21.7 Å². The normalized spacial score (nSPS) is 16.7. The molecule has 2 rings (SSSR count). The molecule has 1 aromatic carbocycles. The van der Waals surface area contributed by atoms with Gasteiger partial charge in [-0.05, 0) is 32.8 Å². The Morgan fingerprint density at radius 2 is 1.93 bits per heavy atom. The lowest BCUT2D eigenvalue weighted by Gasteiger charge is -2.37. The molecular formula is C20H31F3IN3O2. The first-order chi connectivity index (χ1) is 13.3. The largest absolute Gasteiger partial charge is 0.496 e. The van der Waals surface area contributed by atoms with Crippen molar-refractivity contribution in [1.82, 2.24) is 10.6 Å². The highest BCUT2D eigenvalue weighted by Crippen LogP contribution is 2.40. The maximum Gasteiger partial charge on any atom is 0.390 e. The molecule has 0 saturated carbocycles. The number of methoxy groups -OCH3 is 1. The van der Waals surface area contributed by atoms with Crippen molar-refractivity contribution in [3.8, 4) is 5.75 Å². The van der Waals surface area contributed by atoms with E-state index in [-0.39, 0.29) is 35.9 Å². The van der Waals surface area contributed by atoms with Gasteiger partial charge in [-0.1, -0.05) is 17.7 Å². The molecule has 166 valence electrons. The molecule has 2 N–H and O–H groups in total. The van der Waals surface area contributed by atoms with Gasteiger partial charge in [0.2, 0.25) is 0 Å². The van der Waals surface area contributed by atoms with Crippen molar-refractivity contribution in [3.05, 3.63) is 29.3 Å². The Hall–Kier alpha value is -1.23. The zero-order valence-corrected chi connectivity index (χ0v) is 19.5. The van der Waals surface area contributed by atoms with Crippen LogP contribution in [-0.4, -0.2) is 52.1 Å². The number of aryl methyl sites for hydroxylation is 1. The monoisotopic (exact) mass is 529 g/mol. The van der Waals surface area contributed by atoms with Crippen LogP contribution in [0.15, 0.2) is 23.2 Å². The van der Waals surface area contributed by atoms with Crippen LogP contribution < -0.4 is 15.4 Å². The van der Waals surface area contributed by atoms with Gasteiger partial charge in [0.1, 0.15) is 5.75 Å². The number of guanidine groups is 1. The van der Waals surface area contributed by atoms with Gasteiger partial charge in [-0.25, -0.2) is 0 Å². The molecule has 0 atom stereocenters. The number of ether oxygens (including phenoxy) is 2. The lowest BCUT2D eigenvalue weighted by atomic mass is 9.73. The molecule has 1 aromatic rings. The number of aliphatic imine (C=N–C) groups is 1. The second-order valence-corrected chi connectivity index (χ2v) is 7.08. The predicted octanol–water partition coefficient (Wildman–Crippen LogP) is 4.18. The van der Waals surface area contributed by atoms with Crippen LogP contribution >= 0.6 is 24.0 Å². The predicted molar refractivity (Wildman–Crippen MR) is 120 cm³/mol. The smallest absolute Gasteiger partial charge is 0.390 e. The SMILES string of the molecule is CCNC(=NCC1(c2cc(C)ccc2OC)CCOCC1)NCCC(F)(F)F.I. The van der Waals surface area contributed by atoms with Gasteiger partial charge >= 0.3 is 6.18 Å². The third kappa shape index (κ3) is 7.84. The number of rotatable bonds is 7. The van der Waals surface area contributed by atoms with Crippen LogP contribution in [0.3, 0.4) is 0 Å². The number of hydrogen-bond acceptors (Lipinski definition) is 3. The molecule has 1 aliphatic rings. The van der Waals surface area contributed by atoms with Crippen molar-refractivity contribution in [2.24, 2.45) is 4.99 Å². The van der Waals surface area contributed by atoms with Gasteiger partial charge in [0.05, 0.1) is 20.1 Å². The number of benzene rings is 1. The molecule has 1 fully saturated rings. The summed E-state index contributed by atoms with van der Waals surface area (Å²) in [6.45, 7) is 5.95. The fourth-order valence-electron chi connectivity index (χ4n) is 3.41. The van der Waals surface area contributed by atoms with Crippen LogP contribution in [-0.2, 0) is 10.2 Å². The number of nitrogens with zero attached hydrogens (tertiary/aromatic N) is 1. The zero-order chi connectivity index (χ0) is 20.6. The minimum Gasteiger partial charge on any atom is -0.496 e. The summed E-state index contributed by atoms with van der Waals surface area (Å²) in [7, 11) is 1.65.